The molecule has 21 heavy (non-hydrogen) atoms. The van der Waals surface area contributed by atoms with Crippen LogP contribution in [0.15, 0.2) is 4.52 Å². The van der Waals surface area contributed by atoms with Gasteiger partial charge in [-0.25, -0.2) is 0 Å². The Balaban J connectivity index is 2.34. The van der Waals surface area contributed by atoms with Crippen LogP contribution in [0.4, 0.5) is 0 Å². The normalized spacial score (nSPS) is 12.2. The number of nitrogens with zero attached hydrogens (tertiary/aromatic N) is 2. The van der Waals surface area contributed by atoms with Gasteiger partial charge < -0.3 is 15.2 Å². The van der Waals surface area contributed by atoms with Crippen molar-refractivity contribution in [2.45, 2.75) is 58.9 Å². The summed E-state index contributed by atoms with van der Waals surface area (Å²) >= 11 is 0. The molecule has 0 aliphatic heterocycles. The number of carbonyl (C=O) groups is 2. The van der Waals surface area contributed by atoms with E-state index < -0.39 is 6.04 Å². The highest BCUT2D eigenvalue weighted by Crippen LogP contribution is 2.10. The molecule has 0 bridgehead atoms. The molecule has 1 atom stereocenters. The van der Waals surface area contributed by atoms with Crippen LogP contribution in [0.3, 0.4) is 0 Å². The van der Waals surface area contributed by atoms with Crippen LogP contribution in [0.2, 0.25) is 0 Å². The zero-order valence-corrected chi connectivity index (χ0v) is 13.1. The minimum atomic E-state index is -0.544. The molecule has 118 valence electrons. The van der Waals surface area contributed by atoms with Gasteiger partial charge in [-0.05, 0) is 13.3 Å². The number of hydrogen-bond acceptors (Lipinski definition) is 5. The highest BCUT2D eigenvalue weighted by atomic mass is 16.5. The molecule has 0 saturated carbocycles. The van der Waals surface area contributed by atoms with Crippen LogP contribution in [0, 0.1) is 0 Å². The van der Waals surface area contributed by atoms with Gasteiger partial charge in [-0.1, -0.05) is 25.9 Å². The van der Waals surface area contributed by atoms with Gasteiger partial charge >= 0.3 is 0 Å². The highest BCUT2D eigenvalue weighted by Gasteiger charge is 2.16. The molecule has 0 spiro atoms. The summed E-state index contributed by atoms with van der Waals surface area (Å²) in [5, 5.41) is 9.21. The molecule has 0 fully saturated rings. The van der Waals surface area contributed by atoms with Crippen molar-refractivity contribution in [3.8, 4) is 0 Å². The van der Waals surface area contributed by atoms with Gasteiger partial charge in [0.2, 0.25) is 17.7 Å². The standard InChI is InChI=1S/C14H24N4O3/c1-5-8-15-14(20)10(4)16-11(19)6-7-12-17-13(9(2)3)18-21-12/h9-10H,5-8H2,1-4H3,(H,15,20)(H,16,19)/t10-/m0/s1. The number of rotatable bonds is 8. The number of nitrogens with one attached hydrogen (secondary N) is 2. The van der Waals surface area contributed by atoms with Gasteiger partial charge in [-0.2, -0.15) is 4.98 Å². The Kier molecular flexibility index (Phi) is 6.84. The van der Waals surface area contributed by atoms with E-state index in [-0.39, 0.29) is 24.2 Å². The highest BCUT2D eigenvalue weighted by molar-refractivity contribution is 5.87. The minimum Gasteiger partial charge on any atom is -0.354 e. The Bertz CT molecular complexity index is 471. The SMILES string of the molecule is CCCNC(=O)[C@H](C)NC(=O)CCc1nc(C(C)C)no1. The maximum absolute atomic E-state index is 11.8. The number of aryl methyl sites for hydroxylation is 1. The summed E-state index contributed by atoms with van der Waals surface area (Å²) in [6, 6.07) is -0.544. The quantitative estimate of drug-likeness (QED) is 0.750. The number of amides is 2. The molecule has 1 heterocycles. The largest absolute Gasteiger partial charge is 0.354 e. The molecular formula is C14H24N4O3. The molecule has 0 aliphatic carbocycles. The van der Waals surface area contributed by atoms with Gasteiger partial charge in [0.15, 0.2) is 5.82 Å². The van der Waals surface area contributed by atoms with Crippen molar-refractivity contribution >= 4 is 11.8 Å². The number of aromatic nitrogens is 2. The average molecular weight is 296 g/mol. The summed E-state index contributed by atoms with van der Waals surface area (Å²) in [5.41, 5.74) is 0. The summed E-state index contributed by atoms with van der Waals surface area (Å²) in [4.78, 5) is 27.6. The number of carbonyl (C=O) groups excluding carboxylic acids is 2. The van der Waals surface area contributed by atoms with Crippen molar-refractivity contribution in [3.63, 3.8) is 0 Å². The van der Waals surface area contributed by atoms with Crippen LogP contribution in [0.25, 0.3) is 0 Å². The van der Waals surface area contributed by atoms with E-state index in [0.29, 0.717) is 24.7 Å². The van der Waals surface area contributed by atoms with Crippen molar-refractivity contribution in [1.29, 1.82) is 0 Å². The fraction of sp³-hybridized carbons (Fsp3) is 0.714. The van der Waals surface area contributed by atoms with Crippen molar-refractivity contribution in [1.82, 2.24) is 20.8 Å². The van der Waals surface area contributed by atoms with Crippen molar-refractivity contribution < 1.29 is 14.1 Å². The van der Waals surface area contributed by atoms with Crippen LogP contribution < -0.4 is 10.6 Å². The smallest absolute Gasteiger partial charge is 0.242 e. The first-order chi connectivity index (χ1) is 9.93. The first-order valence-electron chi connectivity index (χ1n) is 7.33. The van der Waals surface area contributed by atoms with Gasteiger partial charge in [0.1, 0.15) is 6.04 Å². The maximum Gasteiger partial charge on any atom is 0.242 e. The Morgan fingerprint density at radius 1 is 1.29 bits per heavy atom. The lowest BCUT2D eigenvalue weighted by Gasteiger charge is -2.13. The summed E-state index contributed by atoms with van der Waals surface area (Å²) in [7, 11) is 0. The molecule has 2 amide bonds. The van der Waals surface area contributed by atoms with Gasteiger partial charge in [0.05, 0.1) is 0 Å². The van der Waals surface area contributed by atoms with Crippen LogP contribution in [0.1, 0.15) is 58.2 Å². The molecule has 1 aromatic heterocycles. The molecule has 7 nitrogen and oxygen atoms in total. The van der Waals surface area contributed by atoms with E-state index in [4.69, 9.17) is 4.52 Å². The molecule has 7 heteroatoms. The van der Waals surface area contributed by atoms with E-state index in [0.717, 1.165) is 6.42 Å². The van der Waals surface area contributed by atoms with E-state index >= 15 is 0 Å². The zero-order valence-electron chi connectivity index (χ0n) is 13.1. The molecule has 1 rings (SSSR count). The second-order valence-corrected chi connectivity index (χ2v) is 5.28. The molecule has 0 radical (unpaired) electrons. The predicted molar refractivity (Wildman–Crippen MR) is 77.6 cm³/mol. The fourth-order valence-corrected chi connectivity index (χ4v) is 1.61. The first-order valence-corrected chi connectivity index (χ1v) is 7.33. The van der Waals surface area contributed by atoms with E-state index in [9.17, 15) is 9.59 Å². The number of hydrogen-bond donors (Lipinski definition) is 2. The predicted octanol–water partition coefficient (Wildman–Crippen LogP) is 1.16. The summed E-state index contributed by atoms with van der Waals surface area (Å²) < 4.78 is 5.06. The van der Waals surface area contributed by atoms with Crippen molar-refractivity contribution in [2.75, 3.05) is 6.54 Å². The second-order valence-electron chi connectivity index (χ2n) is 5.28. The van der Waals surface area contributed by atoms with Crippen LogP contribution >= 0.6 is 0 Å². The maximum atomic E-state index is 11.8. The van der Waals surface area contributed by atoms with E-state index in [2.05, 4.69) is 20.8 Å². The lowest BCUT2D eigenvalue weighted by atomic mass is 10.2. The summed E-state index contributed by atoms with van der Waals surface area (Å²) in [6.45, 7) is 8.18. The summed E-state index contributed by atoms with van der Waals surface area (Å²) in [5.74, 6) is 0.886. The van der Waals surface area contributed by atoms with Crippen molar-refractivity contribution in [2.24, 2.45) is 0 Å². The van der Waals surface area contributed by atoms with E-state index in [1.807, 2.05) is 20.8 Å². The van der Waals surface area contributed by atoms with Crippen LogP contribution in [0.5, 0.6) is 0 Å². The van der Waals surface area contributed by atoms with Gasteiger partial charge in [0, 0.05) is 25.3 Å². The molecule has 0 unspecified atom stereocenters. The van der Waals surface area contributed by atoms with Crippen LogP contribution in [-0.4, -0.2) is 34.5 Å². The Labute approximate surface area is 124 Å². The van der Waals surface area contributed by atoms with E-state index in [1.54, 1.807) is 6.92 Å². The van der Waals surface area contributed by atoms with E-state index in [1.165, 1.54) is 0 Å². The third kappa shape index (κ3) is 5.93. The molecule has 0 saturated heterocycles. The lowest BCUT2D eigenvalue weighted by molar-refractivity contribution is -0.128. The van der Waals surface area contributed by atoms with Gasteiger partial charge in [-0.15, -0.1) is 0 Å². The van der Waals surface area contributed by atoms with Gasteiger partial charge in [0.25, 0.3) is 0 Å². The second kappa shape index (κ2) is 8.39. The zero-order chi connectivity index (χ0) is 15.8. The molecule has 0 aliphatic rings. The average Bonchev–Trinajstić information content (AvgIpc) is 2.91. The molecular weight excluding hydrogens is 272 g/mol. The molecule has 0 aromatic carbocycles. The minimum absolute atomic E-state index is 0.176. The summed E-state index contributed by atoms with van der Waals surface area (Å²) in [6.07, 6.45) is 1.45. The third-order valence-corrected chi connectivity index (χ3v) is 2.89. The van der Waals surface area contributed by atoms with Crippen LogP contribution in [-0.2, 0) is 16.0 Å². The fourth-order valence-electron chi connectivity index (χ4n) is 1.61. The Morgan fingerprint density at radius 3 is 2.57 bits per heavy atom. The third-order valence-electron chi connectivity index (χ3n) is 2.89. The Morgan fingerprint density at radius 2 is 2.00 bits per heavy atom. The lowest BCUT2D eigenvalue weighted by Crippen LogP contribution is -2.45. The van der Waals surface area contributed by atoms with Crippen molar-refractivity contribution in [3.05, 3.63) is 11.7 Å². The molecule has 1 aromatic rings. The topological polar surface area (TPSA) is 97.1 Å². The molecule has 2 N–H and O–H groups in total. The van der Waals surface area contributed by atoms with Gasteiger partial charge in [-0.3, -0.25) is 9.59 Å². The monoisotopic (exact) mass is 296 g/mol. The Hall–Kier alpha value is -1.92. The first kappa shape index (κ1) is 17.1.